The largest absolute Gasteiger partial charge is 0.420 e. The van der Waals surface area contributed by atoms with Crippen molar-refractivity contribution >= 4 is 35.2 Å². The van der Waals surface area contributed by atoms with Crippen LogP contribution in [-0.2, 0) is 0 Å². The van der Waals surface area contributed by atoms with Crippen molar-refractivity contribution in [3.05, 3.63) is 176 Å². The topological polar surface area (TPSA) is 32.3 Å². The summed E-state index contributed by atoms with van der Waals surface area (Å²) >= 11 is 0. The van der Waals surface area contributed by atoms with Crippen LogP contribution in [0.25, 0.3) is 33.4 Å². The fourth-order valence-corrected chi connectivity index (χ4v) is 6.28. The van der Waals surface area contributed by atoms with Gasteiger partial charge in [-0.15, -0.1) is 0 Å². The Kier molecular flexibility index (Phi) is 6.89. The molecule has 0 fully saturated rings. The number of pyridine rings is 2. The van der Waals surface area contributed by atoms with Crippen molar-refractivity contribution in [2.45, 2.75) is 0 Å². The van der Waals surface area contributed by atoms with Crippen molar-refractivity contribution in [1.29, 1.82) is 0 Å². The number of aromatic nitrogens is 2. The van der Waals surface area contributed by atoms with Crippen LogP contribution in [0.15, 0.2) is 176 Å². The third-order valence-electron chi connectivity index (χ3n) is 8.49. The number of anilines is 4. The van der Waals surface area contributed by atoms with Gasteiger partial charge in [-0.25, -0.2) is 0 Å². The van der Waals surface area contributed by atoms with Gasteiger partial charge in [0.05, 0.1) is 11.4 Å². The molecule has 0 aliphatic carbocycles. The Balaban J connectivity index is 1.25. The molecule has 0 radical (unpaired) electrons. The van der Waals surface area contributed by atoms with Gasteiger partial charge in [0.1, 0.15) is 0 Å². The second-order valence-electron chi connectivity index (χ2n) is 11.2. The fourth-order valence-electron chi connectivity index (χ4n) is 6.28. The Labute approximate surface area is 264 Å². The third-order valence-corrected chi connectivity index (χ3v) is 8.49. The zero-order valence-electron chi connectivity index (χ0n) is 24.6. The van der Waals surface area contributed by atoms with Gasteiger partial charge < -0.3 is 9.62 Å². The van der Waals surface area contributed by atoms with Crippen LogP contribution in [0.2, 0.25) is 0 Å². The van der Waals surface area contributed by atoms with Gasteiger partial charge in [0.2, 0.25) is 0 Å². The molecule has 0 bridgehead atoms. The van der Waals surface area contributed by atoms with Crippen molar-refractivity contribution in [2.24, 2.45) is 0 Å². The second kappa shape index (κ2) is 11.6. The molecule has 0 saturated heterocycles. The van der Waals surface area contributed by atoms with Crippen LogP contribution in [0.1, 0.15) is 0 Å². The van der Waals surface area contributed by atoms with E-state index in [4.69, 9.17) is 0 Å². The molecule has 5 aromatic carbocycles. The number of hydrogen-bond donors (Lipinski definition) is 0. The monoisotopic (exact) mass is 576 g/mol. The molecule has 8 rings (SSSR count). The van der Waals surface area contributed by atoms with E-state index in [1.165, 1.54) is 28.0 Å². The highest BCUT2D eigenvalue weighted by Gasteiger charge is 2.43. The van der Waals surface area contributed by atoms with E-state index < -0.39 is 0 Å². The van der Waals surface area contributed by atoms with E-state index in [2.05, 4.69) is 159 Å². The van der Waals surface area contributed by atoms with Crippen LogP contribution in [0.5, 0.6) is 0 Å². The molecule has 7 aromatic rings. The van der Waals surface area contributed by atoms with Crippen molar-refractivity contribution in [1.82, 2.24) is 9.97 Å². The van der Waals surface area contributed by atoms with Crippen molar-refractivity contribution in [2.75, 3.05) is 9.62 Å². The van der Waals surface area contributed by atoms with E-state index in [1.54, 1.807) is 0 Å². The molecule has 0 amide bonds. The van der Waals surface area contributed by atoms with Gasteiger partial charge in [-0.05, 0) is 87.4 Å². The van der Waals surface area contributed by atoms with Gasteiger partial charge >= 0.3 is 6.98 Å². The number of benzene rings is 5. The van der Waals surface area contributed by atoms with Gasteiger partial charge in [0.25, 0.3) is 0 Å². The smallest absolute Gasteiger partial charge is 0.360 e. The normalized spacial score (nSPS) is 12.3. The molecule has 3 heterocycles. The Morgan fingerprint density at radius 2 is 0.756 bits per heavy atom. The average molecular weight is 577 g/mol. The Morgan fingerprint density at radius 3 is 1.22 bits per heavy atom. The van der Waals surface area contributed by atoms with Crippen LogP contribution < -0.4 is 15.1 Å². The molecular weight excluding hydrogens is 547 g/mol. The second-order valence-corrected chi connectivity index (χ2v) is 11.2. The van der Waals surface area contributed by atoms with Crippen LogP contribution >= 0.6 is 0 Å². The maximum atomic E-state index is 4.32. The molecule has 212 valence electrons. The quantitative estimate of drug-likeness (QED) is 0.185. The molecule has 45 heavy (non-hydrogen) atoms. The Morgan fingerprint density at radius 1 is 0.356 bits per heavy atom. The standard InChI is InChI=1S/C40H29BN4/c1-2-8-30(9-3-1)31-14-20-36(21-15-31)41-44(37-22-16-32(17-23-37)34-10-6-26-42-28-34)39-12-4-5-13-40(39)45(41)38-24-18-33(19-25-38)35-11-7-27-43-29-35/h1-29H. The van der Waals surface area contributed by atoms with Crippen molar-refractivity contribution in [3.63, 3.8) is 0 Å². The summed E-state index contributed by atoms with van der Waals surface area (Å²) < 4.78 is 0. The number of hydrogen-bond acceptors (Lipinski definition) is 4. The maximum Gasteiger partial charge on any atom is 0.420 e. The third kappa shape index (κ3) is 5.04. The van der Waals surface area contributed by atoms with E-state index in [0.29, 0.717) is 0 Å². The molecule has 0 spiro atoms. The molecule has 0 unspecified atom stereocenters. The number of rotatable bonds is 6. The summed E-state index contributed by atoms with van der Waals surface area (Å²) in [5.41, 5.74) is 12.7. The summed E-state index contributed by atoms with van der Waals surface area (Å²) in [4.78, 5) is 13.5. The molecule has 2 aromatic heterocycles. The zero-order chi connectivity index (χ0) is 30.0. The predicted molar refractivity (Wildman–Crippen MR) is 187 cm³/mol. The number of fused-ring (bicyclic) bond motifs is 1. The molecule has 0 N–H and O–H groups in total. The highest BCUT2D eigenvalue weighted by molar-refractivity contribution is 6.84. The summed E-state index contributed by atoms with van der Waals surface area (Å²) in [6.45, 7) is -0.0966. The molecular formula is C40H29BN4. The van der Waals surface area contributed by atoms with E-state index in [9.17, 15) is 0 Å². The zero-order valence-corrected chi connectivity index (χ0v) is 24.6. The van der Waals surface area contributed by atoms with Crippen LogP contribution in [-0.4, -0.2) is 17.0 Å². The lowest BCUT2D eigenvalue weighted by atomic mass is 9.64. The van der Waals surface area contributed by atoms with Gasteiger partial charge in [-0.2, -0.15) is 0 Å². The van der Waals surface area contributed by atoms with Crippen LogP contribution in [0.3, 0.4) is 0 Å². The first-order chi connectivity index (χ1) is 22.3. The van der Waals surface area contributed by atoms with Crippen LogP contribution in [0.4, 0.5) is 22.7 Å². The first kappa shape index (κ1) is 26.7. The molecule has 1 aliphatic rings. The molecule has 5 heteroatoms. The average Bonchev–Trinajstić information content (AvgIpc) is 3.48. The Hall–Kier alpha value is -5.94. The maximum absolute atomic E-state index is 4.32. The summed E-state index contributed by atoms with van der Waals surface area (Å²) in [5.74, 6) is 0. The SMILES string of the molecule is c1ccc(-c2ccc(B3N(c4ccc(-c5cccnc5)cc4)c4ccccc4N3c3ccc(-c4cccnc4)cc3)cc2)cc1. The van der Waals surface area contributed by atoms with Gasteiger partial charge in [0, 0.05) is 36.2 Å². The first-order valence-electron chi connectivity index (χ1n) is 15.2. The minimum Gasteiger partial charge on any atom is -0.360 e. The minimum atomic E-state index is -0.0966. The molecule has 0 atom stereocenters. The van der Waals surface area contributed by atoms with Crippen molar-refractivity contribution < 1.29 is 0 Å². The Bertz CT molecular complexity index is 1920. The molecule has 0 saturated carbocycles. The summed E-state index contributed by atoms with van der Waals surface area (Å²) in [5, 5.41) is 0. The van der Waals surface area contributed by atoms with E-state index in [0.717, 1.165) is 33.6 Å². The van der Waals surface area contributed by atoms with E-state index >= 15 is 0 Å². The molecule has 4 nitrogen and oxygen atoms in total. The van der Waals surface area contributed by atoms with E-state index in [1.807, 2.05) is 36.9 Å². The minimum absolute atomic E-state index is 0.0966. The summed E-state index contributed by atoms with van der Waals surface area (Å²) in [6, 6.07) is 54.1. The number of para-hydroxylation sites is 2. The predicted octanol–water partition coefficient (Wildman–Crippen LogP) is 9.16. The highest BCUT2D eigenvalue weighted by Crippen LogP contribution is 2.46. The van der Waals surface area contributed by atoms with Gasteiger partial charge in [-0.3, -0.25) is 9.97 Å². The summed E-state index contributed by atoms with van der Waals surface area (Å²) in [7, 11) is 0. The fraction of sp³-hybridized carbons (Fsp3) is 0. The van der Waals surface area contributed by atoms with Gasteiger partial charge in [0.15, 0.2) is 0 Å². The van der Waals surface area contributed by atoms with Crippen molar-refractivity contribution in [3.8, 4) is 33.4 Å². The van der Waals surface area contributed by atoms with E-state index in [-0.39, 0.29) is 6.98 Å². The first-order valence-corrected chi connectivity index (χ1v) is 15.2. The highest BCUT2D eigenvalue weighted by atomic mass is 15.3. The van der Waals surface area contributed by atoms with Crippen LogP contribution in [0, 0.1) is 0 Å². The van der Waals surface area contributed by atoms with Gasteiger partial charge in [-0.1, -0.05) is 103 Å². The lowest BCUT2D eigenvalue weighted by molar-refractivity contribution is 1.33. The number of nitrogens with zero attached hydrogens (tertiary/aromatic N) is 4. The lowest BCUT2D eigenvalue weighted by Gasteiger charge is -2.30. The molecule has 1 aliphatic heterocycles. The lowest BCUT2D eigenvalue weighted by Crippen LogP contribution is -2.53. The summed E-state index contributed by atoms with van der Waals surface area (Å²) in [6.07, 6.45) is 7.44.